The molecule has 1 aliphatic rings. The summed E-state index contributed by atoms with van der Waals surface area (Å²) in [6, 6.07) is 7.68. The highest BCUT2D eigenvalue weighted by Gasteiger charge is 2.25. The summed E-state index contributed by atoms with van der Waals surface area (Å²) in [4.78, 5) is 34.8. The maximum atomic E-state index is 12.7. The number of likely N-dealkylation sites (tertiary alicyclic amines) is 1. The molecule has 1 atom stereocenters. The summed E-state index contributed by atoms with van der Waals surface area (Å²) < 4.78 is 5.52. The van der Waals surface area contributed by atoms with Gasteiger partial charge in [-0.05, 0) is 37.5 Å². The van der Waals surface area contributed by atoms with Crippen molar-refractivity contribution in [3.8, 4) is 5.75 Å². The molecule has 2 aromatic rings. The monoisotopic (exact) mass is 473 g/mol. The highest BCUT2D eigenvalue weighted by molar-refractivity contribution is 5.94. The number of rotatable bonds is 9. The lowest BCUT2D eigenvalue weighted by Gasteiger charge is -2.33. The van der Waals surface area contributed by atoms with Crippen LogP contribution in [0.4, 0.5) is 0 Å². The van der Waals surface area contributed by atoms with E-state index in [1.165, 1.54) is 19.2 Å². The van der Waals surface area contributed by atoms with Crippen LogP contribution in [0.3, 0.4) is 0 Å². The Hall–Kier alpha value is -3.00. The number of unbranched alkanes of at least 4 members (excludes halogenated alkanes) is 1. The fraction of sp³-hybridized carbons (Fsp3) is 0.538. The molecule has 0 saturated carbocycles. The standard InChI is InChI=1S/C22H29N5O3.C4H10.2H2/c1-3-30-20-12-25-15-26-19(20)11-24-13-21(28)27-9-5-8-18(14-27)16-6-4-7-17(10-16)22(29)23-2;1-3-4-2;;/h4,6-7,10,12,15,18,24H,3,5,8-9,11,13-14H2,1-2H3,(H,23,29);3-4H2,1-2H3;2*1H/t18-;;;/m0.../s1. The lowest BCUT2D eigenvalue weighted by atomic mass is 9.89. The van der Waals surface area contributed by atoms with Gasteiger partial charge in [-0.1, -0.05) is 38.8 Å². The van der Waals surface area contributed by atoms with E-state index in [-0.39, 0.29) is 27.1 Å². The van der Waals surface area contributed by atoms with E-state index in [2.05, 4.69) is 34.4 Å². The zero-order chi connectivity index (χ0) is 24.8. The number of piperidine rings is 1. The van der Waals surface area contributed by atoms with Crippen LogP contribution >= 0.6 is 0 Å². The van der Waals surface area contributed by atoms with Crippen LogP contribution in [0.15, 0.2) is 36.8 Å². The molecule has 1 aromatic heterocycles. The van der Waals surface area contributed by atoms with Gasteiger partial charge in [-0.25, -0.2) is 9.97 Å². The van der Waals surface area contributed by atoms with Gasteiger partial charge in [0.05, 0.1) is 25.0 Å². The summed E-state index contributed by atoms with van der Waals surface area (Å²) in [7, 11) is 1.63. The van der Waals surface area contributed by atoms with Crippen LogP contribution in [0.1, 0.15) is 76.8 Å². The molecule has 1 aliphatic heterocycles. The van der Waals surface area contributed by atoms with E-state index in [0.29, 0.717) is 31.0 Å². The Morgan fingerprint density at radius 1 is 1.24 bits per heavy atom. The van der Waals surface area contributed by atoms with Gasteiger partial charge >= 0.3 is 0 Å². The van der Waals surface area contributed by atoms with Crippen molar-refractivity contribution in [3.05, 3.63) is 53.6 Å². The van der Waals surface area contributed by atoms with Crippen molar-refractivity contribution in [3.63, 3.8) is 0 Å². The molecule has 1 aromatic carbocycles. The van der Waals surface area contributed by atoms with Crippen molar-refractivity contribution in [2.75, 3.05) is 33.3 Å². The van der Waals surface area contributed by atoms with Crippen molar-refractivity contribution >= 4 is 11.8 Å². The number of hydrogen-bond donors (Lipinski definition) is 2. The maximum absolute atomic E-state index is 12.7. The van der Waals surface area contributed by atoms with Gasteiger partial charge in [0.15, 0.2) is 5.75 Å². The maximum Gasteiger partial charge on any atom is 0.251 e. The summed E-state index contributed by atoms with van der Waals surface area (Å²) in [5, 5.41) is 5.83. The largest absolute Gasteiger partial charge is 0.490 e. The third-order valence-electron chi connectivity index (χ3n) is 5.75. The van der Waals surface area contributed by atoms with Crippen LogP contribution in [-0.4, -0.2) is 60.0 Å². The van der Waals surface area contributed by atoms with Gasteiger partial charge in [-0.3, -0.25) is 9.59 Å². The van der Waals surface area contributed by atoms with Crippen molar-refractivity contribution in [1.82, 2.24) is 25.5 Å². The highest BCUT2D eigenvalue weighted by Crippen LogP contribution is 2.27. The summed E-state index contributed by atoms with van der Waals surface area (Å²) in [6.45, 7) is 8.90. The summed E-state index contributed by atoms with van der Waals surface area (Å²) in [5.74, 6) is 0.836. The second-order valence-corrected chi connectivity index (χ2v) is 8.25. The predicted octanol–water partition coefficient (Wildman–Crippen LogP) is 4.03. The SMILES string of the molecule is CCCC.CCOc1cncnc1CNCC(=O)N1CCC[C@H](c2cccc(C(=O)NC)c2)C1.[HH].[HH]. The van der Waals surface area contributed by atoms with Gasteiger partial charge in [0.1, 0.15) is 6.33 Å². The van der Waals surface area contributed by atoms with Gasteiger partial charge in [-0.15, -0.1) is 0 Å². The Balaban J connectivity index is 0.00000190. The van der Waals surface area contributed by atoms with E-state index in [1.54, 1.807) is 13.2 Å². The third-order valence-corrected chi connectivity index (χ3v) is 5.75. The van der Waals surface area contributed by atoms with Crippen molar-refractivity contribution in [1.29, 1.82) is 0 Å². The predicted molar refractivity (Wildman–Crippen MR) is 138 cm³/mol. The molecule has 2 amide bonds. The Morgan fingerprint density at radius 2 is 2.03 bits per heavy atom. The van der Waals surface area contributed by atoms with Gasteiger partial charge < -0.3 is 20.3 Å². The molecule has 1 fully saturated rings. The molecule has 2 heterocycles. The molecule has 8 heteroatoms. The molecule has 0 aliphatic carbocycles. The first-order valence-electron chi connectivity index (χ1n) is 12.3. The Morgan fingerprint density at radius 3 is 2.74 bits per heavy atom. The molecule has 8 nitrogen and oxygen atoms in total. The lowest BCUT2D eigenvalue weighted by molar-refractivity contribution is -0.131. The molecule has 0 unspecified atom stereocenters. The van der Waals surface area contributed by atoms with Crippen LogP contribution in [0, 0.1) is 0 Å². The zero-order valence-corrected chi connectivity index (χ0v) is 21.0. The minimum atomic E-state index is -0.0964. The molecule has 190 valence electrons. The third kappa shape index (κ3) is 8.41. The number of carbonyl (C=O) groups excluding carboxylic acids is 2. The number of carbonyl (C=O) groups is 2. The van der Waals surface area contributed by atoms with Crippen molar-refractivity contribution < 1.29 is 17.2 Å². The number of nitrogens with one attached hydrogen (secondary N) is 2. The van der Waals surface area contributed by atoms with E-state index in [1.807, 2.05) is 36.1 Å². The second kappa shape index (κ2) is 15.0. The molecule has 3 rings (SSSR count). The van der Waals surface area contributed by atoms with Crippen LogP contribution in [0.5, 0.6) is 5.75 Å². The van der Waals surface area contributed by atoms with Crippen molar-refractivity contribution in [2.24, 2.45) is 0 Å². The number of nitrogens with zero attached hydrogens (tertiary/aromatic N) is 3. The lowest BCUT2D eigenvalue weighted by Crippen LogP contribution is -2.43. The molecular weight excluding hydrogens is 430 g/mol. The van der Waals surface area contributed by atoms with E-state index in [0.717, 1.165) is 30.6 Å². The van der Waals surface area contributed by atoms with Crippen LogP contribution in [0.25, 0.3) is 0 Å². The number of hydrogen-bond acceptors (Lipinski definition) is 6. The first-order valence-corrected chi connectivity index (χ1v) is 12.3. The van der Waals surface area contributed by atoms with Gasteiger partial charge in [0.25, 0.3) is 5.91 Å². The molecule has 34 heavy (non-hydrogen) atoms. The quantitative estimate of drug-likeness (QED) is 0.571. The summed E-state index contributed by atoms with van der Waals surface area (Å²) in [5.41, 5.74) is 2.49. The minimum absolute atomic E-state index is 0. The second-order valence-electron chi connectivity index (χ2n) is 8.25. The Bertz CT molecular complexity index is 915. The number of aromatic nitrogens is 2. The first-order chi connectivity index (χ1) is 16.5. The van der Waals surface area contributed by atoms with Gasteiger partial charge in [-0.2, -0.15) is 0 Å². The highest BCUT2D eigenvalue weighted by atomic mass is 16.5. The topological polar surface area (TPSA) is 96.5 Å². The molecular formula is C26H43N5O3. The molecule has 0 bridgehead atoms. The number of amides is 2. The zero-order valence-electron chi connectivity index (χ0n) is 21.0. The molecule has 1 saturated heterocycles. The van der Waals surface area contributed by atoms with Gasteiger partial charge in [0, 0.05) is 41.0 Å². The molecule has 0 spiro atoms. The summed E-state index contributed by atoms with van der Waals surface area (Å²) in [6.07, 6.45) is 7.70. The van der Waals surface area contributed by atoms with E-state index < -0.39 is 0 Å². The molecule has 2 N–H and O–H groups in total. The fourth-order valence-corrected chi connectivity index (χ4v) is 3.70. The smallest absolute Gasteiger partial charge is 0.251 e. The molecule has 0 radical (unpaired) electrons. The van der Waals surface area contributed by atoms with Crippen LogP contribution < -0.4 is 15.4 Å². The van der Waals surface area contributed by atoms with E-state index in [9.17, 15) is 9.59 Å². The van der Waals surface area contributed by atoms with Crippen LogP contribution in [0.2, 0.25) is 0 Å². The number of ether oxygens (including phenoxy) is 1. The normalized spacial score (nSPS) is 15.2. The Kier molecular flexibility index (Phi) is 12.0. The van der Waals surface area contributed by atoms with Crippen molar-refractivity contribution in [2.45, 2.75) is 58.9 Å². The number of benzene rings is 1. The van der Waals surface area contributed by atoms with E-state index >= 15 is 0 Å². The minimum Gasteiger partial charge on any atom is -0.490 e. The first kappa shape index (κ1) is 27.2. The van der Waals surface area contributed by atoms with Crippen LogP contribution in [-0.2, 0) is 11.3 Å². The summed E-state index contributed by atoms with van der Waals surface area (Å²) >= 11 is 0. The fourth-order valence-electron chi connectivity index (χ4n) is 3.70. The Labute approximate surface area is 206 Å². The van der Waals surface area contributed by atoms with Gasteiger partial charge in [0.2, 0.25) is 5.91 Å². The van der Waals surface area contributed by atoms with E-state index in [4.69, 9.17) is 4.74 Å². The average molecular weight is 474 g/mol. The average Bonchev–Trinajstić information content (AvgIpc) is 2.89.